The first-order chi connectivity index (χ1) is 8.49. The van der Waals surface area contributed by atoms with Crippen LogP contribution in [0.2, 0.25) is 0 Å². The molecule has 2 N–H and O–H groups in total. The van der Waals surface area contributed by atoms with E-state index >= 15 is 0 Å². The van der Waals surface area contributed by atoms with Gasteiger partial charge >= 0.3 is 0 Å². The maximum absolute atomic E-state index is 4.40. The fraction of sp³-hybridized carbons (Fsp3) is 0.357. The average Bonchev–Trinajstić information content (AvgIpc) is 2.82. The standard InChI is InChI=1S/C14H18BrN3/c1-10-6-12(15)8-17-13(10)18-9-14(2,3)11-4-5-16-7-11/h4-8,16H,9H2,1-3H3,(H,17,18). The summed E-state index contributed by atoms with van der Waals surface area (Å²) in [7, 11) is 0. The monoisotopic (exact) mass is 307 g/mol. The quantitative estimate of drug-likeness (QED) is 0.900. The second-order valence-electron chi connectivity index (χ2n) is 5.16. The molecule has 0 saturated heterocycles. The van der Waals surface area contributed by atoms with E-state index < -0.39 is 0 Å². The van der Waals surface area contributed by atoms with Crippen molar-refractivity contribution in [1.29, 1.82) is 0 Å². The molecule has 0 aliphatic heterocycles. The minimum atomic E-state index is 0.0706. The molecule has 0 fully saturated rings. The molecule has 0 aliphatic carbocycles. The van der Waals surface area contributed by atoms with Crippen molar-refractivity contribution in [3.63, 3.8) is 0 Å². The van der Waals surface area contributed by atoms with Crippen LogP contribution in [0, 0.1) is 6.92 Å². The summed E-state index contributed by atoms with van der Waals surface area (Å²) in [5.74, 6) is 0.946. The lowest BCUT2D eigenvalue weighted by molar-refractivity contribution is 0.557. The van der Waals surface area contributed by atoms with Gasteiger partial charge in [0.1, 0.15) is 5.82 Å². The highest BCUT2D eigenvalue weighted by Crippen LogP contribution is 2.24. The molecule has 0 spiro atoms. The van der Waals surface area contributed by atoms with Crippen molar-refractivity contribution in [3.8, 4) is 0 Å². The van der Waals surface area contributed by atoms with Gasteiger partial charge in [0.15, 0.2) is 0 Å². The second-order valence-corrected chi connectivity index (χ2v) is 6.07. The Hall–Kier alpha value is -1.29. The lowest BCUT2D eigenvalue weighted by Crippen LogP contribution is -2.27. The average molecular weight is 308 g/mol. The number of anilines is 1. The van der Waals surface area contributed by atoms with Crippen molar-refractivity contribution in [1.82, 2.24) is 9.97 Å². The molecule has 2 aromatic rings. The highest BCUT2D eigenvalue weighted by Gasteiger charge is 2.21. The van der Waals surface area contributed by atoms with Gasteiger partial charge in [0, 0.05) is 35.0 Å². The Morgan fingerprint density at radius 2 is 2.22 bits per heavy atom. The number of nitrogens with one attached hydrogen (secondary N) is 2. The van der Waals surface area contributed by atoms with Crippen LogP contribution in [-0.2, 0) is 5.41 Å². The third-order valence-corrected chi connectivity index (χ3v) is 3.56. The number of hydrogen-bond acceptors (Lipinski definition) is 2. The molecule has 4 heteroatoms. The summed E-state index contributed by atoms with van der Waals surface area (Å²) in [5, 5.41) is 3.42. The maximum atomic E-state index is 4.40. The van der Waals surface area contributed by atoms with Crippen LogP contribution in [0.1, 0.15) is 25.0 Å². The molecule has 0 unspecified atom stereocenters. The molecule has 2 aromatic heterocycles. The number of pyridine rings is 1. The Kier molecular flexibility index (Phi) is 3.76. The van der Waals surface area contributed by atoms with Crippen LogP contribution in [0.25, 0.3) is 0 Å². The van der Waals surface area contributed by atoms with Crippen molar-refractivity contribution in [3.05, 3.63) is 46.3 Å². The molecule has 96 valence electrons. The molecule has 0 atom stereocenters. The van der Waals surface area contributed by atoms with Gasteiger partial charge in [-0.05, 0) is 46.1 Å². The highest BCUT2D eigenvalue weighted by molar-refractivity contribution is 9.10. The predicted octanol–water partition coefficient (Wildman–Crippen LogP) is 3.87. The van der Waals surface area contributed by atoms with E-state index in [4.69, 9.17) is 0 Å². The van der Waals surface area contributed by atoms with Gasteiger partial charge in [-0.15, -0.1) is 0 Å². The van der Waals surface area contributed by atoms with Crippen LogP contribution in [0.4, 0.5) is 5.82 Å². The lowest BCUT2D eigenvalue weighted by atomic mass is 9.86. The summed E-state index contributed by atoms with van der Waals surface area (Å²) in [6, 6.07) is 4.18. The Labute approximate surface area is 116 Å². The van der Waals surface area contributed by atoms with Crippen LogP contribution >= 0.6 is 15.9 Å². The zero-order valence-corrected chi connectivity index (χ0v) is 12.5. The number of H-pyrrole nitrogens is 1. The van der Waals surface area contributed by atoms with E-state index in [2.05, 4.69) is 64.1 Å². The van der Waals surface area contributed by atoms with Crippen LogP contribution < -0.4 is 5.32 Å². The summed E-state index contributed by atoms with van der Waals surface area (Å²) in [5.41, 5.74) is 2.51. The molecular weight excluding hydrogens is 290 g/mol. The molecular formula is C14H18BrN3. The zero-order chi connectivity index (χ0) is 13.2. The summed E-state index contributed by atoms with van der Waals surface area (Å²) in [6.07, 6.45) is 5.82. The molecule has 0 radical (unpaired) electrons. The van der Waals surface area contributed by atoms with Gasteiger partial charge in [-0.3, -0.25) is 0 Å². The number of aromatic nitrogens is 2. The first kappa shape index (κ1) is 13.1. The first-order valence-electron chi connectivity index (χ1n) is 5.98. The SMILES string of the molecule is Cc1cc(Br)cnc1NCC(C)(C)c1cc[nH]c1. The van der Waals surface area contributed by atoms with Gasteiger partial charge in [0.2, 0.25) is 0 Å². The largest absolute Gasteiger partial charge is 0.369 e. The molecule has 2 rings (SSSR count). The van der Waals surface area contributed by atoms with E-state index in [1.165, 1.54) is 5.56 Å². The van der Waals surface area contributed by atoms with Crippen LogP contribution in [0.3, 0.4) is 0 Å². The van der Waals surface area contributed by atoms with Gasteiger partial charge in [0.05, 0.1) is 0 Å². The van der Waals surface area contributed by atoms with E-state index in [0.717, 1.165) is 22.4 Å². The number of aryl methyl sites for hydroxylation is 1. The minimum absolute atomic E-state index is 0.0706. The predicted molar refractivity (Wildman–Crippen MR) is 79.0 cm³/mol. The number of halogens is 1. The first-order valence-corrected chi connectivity index (χ1v) is 6.77. The Morgan fingerprint density at radius 1 is 1.44 bits per heavy atom. The van der Waals surface area contributed by atoms with Crippen molar-refractivity contribution in [2.45, 2.75) is 26.2 Å². The second kappa shape index (κ2) is 5.14. The molecule has 18 heavy (non-hydrogen) atoms. The van der Waals surface area contributed by atoms with Crippen molar-refractivity contribution in [2.75, 3.05) is 11.9 Å². The van der Waals surface area contributed by atoms with Gasteiger partial charge in [0.25, 0.3) is 0 Å². The fourth-order valence-electron chi connectivity index (χ4n) is 1.88. The van der Waals surface area contributed by atoms with E-state index in [-0.39, 0.29) is 5.41 Å². The number of nitrogens with zero attached hydrogens (tertiary/aromatic N) is 1. The zero-order valence-electron chi connectivity index (χ0n) is 10.9. The highest BCUT2D eigenvalue weighted by atomic mass is 79.9. The van der Waals surface area contributed by atoms with Crippen LogP contribution in [0.15, 0.2) is 35.2 Å². The summed E-state index contributed by atoms with van der Waals surface area (Å²) in [4.78, 5) is 7.50. The van der Waals surface area contributed by atoms with E-state index in [9.17, 15) is 0 Å². The minimum Gasteiger partial charge on any atom is -0.369 e. The van der Waals surface area contributed by atoms with Crippen molar-refractivity contribution in [2.24, 2.45) is 0 Å². The molecule has 0 amide bonds. The summed E-state index contributed by atoms with van der Waals surface area (Å²) in [6.45, 7) is 7.35. The van der Waals surface area contributed by atoms with Crippen molar-refractivity contribution < 1.29 is 0 Å². The fourth-order valence-corrected chi connectivity index (χ4v) is 2.32. The third kappa shape index (κ3) is 2.93. The smallest absolute Gasteiger partial charge is 0.128 e. The molecule has 2 heterocycles. The van der Waals surface area contributed by atoms with Crippen LogP contribution in [0.5, 0.6) is 0 Å². The summed E-state index contributed by atoms with van der Waals surface area (Å²) < 4.78 is 1.01. The van der Waals surface area contributed by atoms with Crippen LogP contribution in [-0.4, -0.2) is 16.5 Å². The van der Waals surface area contributed by atoms with E-state index in [0.29, 0.717) is 0 Å². The maximum Gasteiger partial charge on any atom is 0.128 e. The van der Waals surface area contributed by atoms with Gasteiger partial charge in [-0.2, -0.15) is 0 Å². The molecule has 0 aromatic carbocycles. The number of hydrogen-bond donors (Lipinski definition) is 2. The van der Waals surface area contributed by atoms with Gasteiger partial charge in [-0.1, -0.05) is 13.8 Å². The lowest BCUT2D eigenvalue weighted by Gasteiger charge is -2.24. The third-order valence-electron chi connectivity index (χ3n) is 3.12. The molecule has 0 bridgehead atoms. The van der Waals surface area contributed by atoms with Gasteiger partial charge < -0.3 is 10.3 Å². The molecule has 0 aliphatic rings. The summed E-state index contributed by atoms with van der Waals surface area (Å²) >= 11 is 3.42. The number of rotatable bonds is 4. The molecule has 0 saturated carbocycles. The molecule has 3 nitrogen and oxygen atoms in total. The van der Waals surface area contributed by atoms with Crippen molar-refractivity contribution >= 4 is 21.7 Å². The van der Waals surface area contributed by atoms with Gasteiger partial charge in [-0.25, -0.2) is 4.98 Å². The Bertz CT molecular complexity index is 518. The topological polar surface area (TPSA) is 40.7 Å². The van der Waals surface area contributed by atoms with E-state index in [1.54, 1.807) is 0 Å². The Morgan fingerprint density at radius 3 is 2.83 bits per heavy atom. The normalized spacial score (nSPS) is 11.6. The van der Waals surface area contributed by atoms with E-state index in [1.807, 2.05) is 18.6 Å². The number of aromatic amines is 1. The Balaban J connectivity index is 2.07.